The Morgan fingerprint density at radius 1 is 1.41 bits per heavy atom. The van der Waals surface area contributed by atoms with E-state index in [2.05, 4.69) is 12.2 Å². The first kappa shape index (κ1) is 16.5. The molecule has 1 N–H and O–H groups in total. The third-order valence-electron chi connectivity index (χ3n) is 4.25. The van der Waals surface area contributed by atoms with E-state index in [4.69, 9.17) is 0 Å². The number of carbonyl (C=O) groups is 2. The number of nitrogens with one attached hydrogen (secondary N) is 1. The molecule has 1 saturated heterocycles. The number of rotatable bonds is 5. The zero-order valence-corrected chi connectivity index (χ0v) is 13.1. The Morgan fingerprint density at radius 2 is 2.14 bits per heavy atom. The van der Waals surface area contributed by atoms with Gasteiger partial charge in [-0.25, -0.2) is 4.39 Å². The number of nitrogens with zero attached hydrogens (tertiary/aromatic N) is 1. The van der Waals surface area contributed by atoms with E-state index >= 15 is 0 Å². The van der Waals surface area contributed by atoms with Gasteiger partial charge in [0.2, 0.25) is 11.8 Å². The second-order valence-corrected chi connectivity index (χ2v) is 5.76. The molecule has 0 bridgehead atoms. The van der Waals surface area contributed by atoms with Gasteiger partial charge in [0.05, 0.1) is 12.0 Å². The zero-order valence-electron chi connectivity index (χ0n) is 13.1. The van der Waals surface area contributed by atoms with Crippen LogP contribution in [0.5, 0.6) is 0 Å². The number of amides is 2. The Labute approximate surface area is 130 Å². The summed E-state index contributed by atoms with van der Waals surface area (Å²) < 4.78 is 14.1. The molecule has 4 nitrogen and oxygen atoms in total. The monoisotopic (exact) mass is 306 g/mol. The number of carbonyl (C=O) groups excluding carboxylic acids is 2. The van der Waals surface area contributed by atoms with Gasteiger partial charge in [-0.05, 0) is 18.9 Å². The minimum Gasteiger partial charge on any atom is -0.356 e. The summed E-state index contributed by atoms with van der Waals surface area (Å²) >= 11 is 0. The predicted molar refractivity (Wildman–Crippen MR) is 82.6 cm³/mol. The van der Waals surface area contributed by atoms with E-state index in [0.29, 0.717) is 24.9 Å². The molecular weight excluding hydrogens is 283 g/mol. The summed E-state index contributed by atoms with van der Waals surface area (Å²) in [6.45, 7) is 2.68. The van der Waals surface area contributed by atoms with E-state index in [1.807, 2.05) is 0 Å². The van der Waals surface area contributed by atoms with E-state index < -0.39 is 12.0 Å². The van der Waals surface area contributed by atoms with Crippen LogP contribution in [0.2, 0.25) is 0 Å². The van der Waals surface area contributed by atoms with Crippen molar-refractivity contribution in [1.29, 1.82) is 0 Å². The van der Waals surface area contributed by atoms with Gasteiger partial charge in [-0.3, -0.25) is 9.59 Å². The Morgan fingerprint density at radius 3 is 2.82 bits per heavy atom. The molecule has 0 radical (unpaired) electrons. The van der Waals surface area contributed by atoms with E-state index in [1.54, 1.807) is 25.2 Å². The van der Waals surface area contributed by atoms with Crippen molar-refractivity contribution >= 4 is 11.8 Å². The van der Waals surface area contributed by atoms with Crippen LogP contribution in [0.3, 0.4) is 0 Å². The number of hydrogen-bond acceptors (Lipinski definition) is 2. The summed E-state index contributed by atoms with van der Waals surface area (Å²) in [5.41, 5.74) is 0.411. The molecule has 1 aliphatic rings. The number of hydrogen-bond donors (Lipinski definition) is 1. The Hall–Kier alpha value is -1.91. The molecule has 0 spiro atoms. The molecule has 1 fully saturated rings. The molecular formula is C17H23FN2O2. The van der Waals surface area contributed by atoms with Gasteiger partial charge in [0.15, 0.2) is 0 Å². The lowest BCUT2D eigenvalue weighted by atomic mass is 9.83. The highest BCUT2D eigenvalue weighted by atomic mass is 19.1. The highest BCUT2D eigenvalue weighted by Crippen LogP contribution is 2.36. The van der Waals surface area contributed by atoms with Crippen LogP contribution in [0, 0.1) is 11.7 Å². The number of piperidine rings is 1. The maximum atomic E-state index is 14.1. The highest BCUT2D eigenvalue weighted by Gasteiger charge is 2.39. The molecule has 2 atom stereocenters. The molecule has 1 heterocycles. The van der Waals surface area contributed by atoms with E-state index in [9.17, 15) is 14.0 Å². The molecule has 2 unspecified atom stereocenters. The largest absolute Gasteiger partial charge is 0.356 e. The summed E-state index contributed by atoms with van der Waals surface area (Å²) in [5, 5.41) is 2.91. The van der Waals surface area contributed by atoms with Crippen LogP contribution in [-0.2, 0) is 9.59 Å². The van der Waals surface area contributed by atoms with Crippen LogP contribution in [-0.4, -0.2) is 30.3 Å². The second kappa shape index (κ2) is 7.38. The first-order chi connectivity index (χ1) is 10.6. The van der Waals surface area contributed by atoms with E-state index in [0.717, 1.165) is 12.8 Å². The van der Waals surface area contributed by atoms with Gasteiger partial charge in [0, 0.05) is 25.6 Å². The SMILES string of the molecule is CCCCNC(=O)C1CCC(=O)N(C)C1c1ccccc1F. The van der Waals surface area contributed by atoms with Crippen LogP contribution in [0.25, 0.3) is 0 Å². The fourth-order valence-corrected chi connectivity index (χ4v) is 2.97. The third-order valence-corrected chi connectivity index (χ3v) is 4.25. The molecule has 1 aromatic carbocycles. The lowest BCUT2D eigenvalue weighted by molar-refractivity contribution is -0.141. The number of halogens is 1. The van der Waals surface area contributed by atoms with Crippen molar-refractivity contribution in [2.45, 2.75) is 38.6 Å². The van der Waals surface area contributed by atoms with Crippen molar-refractivity contribution in [2.75, 3.05) is 13.6 Å². The Balaban J connectivity index is 2.25. The number of unbranched alkanes of at least 4 members (excludes halogenated alkanes) is 1. The highest BCUT2D eigenvalue weighted by molar-refractivity contribution is 5.84. The first-order valence-corrected chi connectivity index (χ1v) is 7.84. The smallest absolute Gasteiger partial charge is 0.225 e. The van der Waals surface area contributed by atoms with Gasteiger partial charge in [-0.2, -0.15) is 0 Å². The van der Waals surface area contributed by atoms with Gasteiger partial charge < -0.3 is 10.2 Å². The van der Waals surface area contributed by atoms with Crippen molar-refractivity contribution < 1.29 is 14.0 Å². The minimum absolute atomic E-state index is 0.0501. The van der Waals surface area contributed by atoms with Crippen LogP contribution >= 0.6 is 0 Å². The van der Waals surface area contributed by atoms with Crippen molar-refractivity contribution in [1.82, 2.24) is 10.2 Å². The molecule has 0 saturated carbocycles. The lowest BCUT2D eigenvalue weighted by Gasteiger charge is -2.38. The molecule has 22 heavy (non-hydrogen) atoms. The molecule has 0 aromatic heterocycles. The van der Waals surface area contributed by atoms with Crippen molar-refractivity contribution in [3.05, 3.63) is 35.6 Å². The quantitative estimate of drug-likeness (QED) is 0.850. The standard InChI is InChI=1S/C17H23FN2O2/c1-3-4-11-19-17(22)13-9-10-15(21)20(2)16(13)12-7-5-6-8-14(12)18/h5-8,13,16H,3-4,9-11H2,1-2H3,(H,19,22). The topological polar surface area (TPSA) is 49.4 Å². The predicted octanol–water partition coefficient (Wildman–Crippen LogP) is 2.65. The summed E-state index contributed by atoms with van der Waals surface area (Å²) in [6, 6.07) is 5.83. The Kier molecular flexibility index (Phi) is 5.52. The van der Waals surface area contributed by atoms with Gasteiger partial charge in [0.1, 0.15) is 5.82 Å². The summed E-state index contributed by atoms with van der Waals surface area (Å²) in [7, 11) is 1.64. The number of benzene rings is 1. The van der Waals surface area contributed by atoms with Gasteiger partial charge in [-0.1, -0.05) is 31.5 Å². The van der Waals surface area contributed by atoms with Crippen LogP contribution < -0.4 is 5.32 Å². The van der Waals surface area contributed by atoms with Crippen LogP contribution in [0.4, 0.5) is 4.39 Å². The second-order valence-electron chi connectivity index (χ2n) is 5.76. The number of likely N-dealkylation sites (tertiary alicyclic amines) is 1. The van der Waals surface area contributed by atoms with Crippen molar-refractivity contribution in [2.24, 2.45) is 5.92 Å². The fraction of sp³-hybridized carbons (Fsp3) is 0.529. The van der Waals surface area contributed by atoms with Crippen LogP contribution in [0.1, 0.15) is 44.2 Å². The normalized spacial score (nSPS) is 21.8. The maximum absolute atomic E-state index is 14.1. The molecule has 5 heteroatoms. The Bertz CT molecular complexity index is 547. The molecule has 2 rings (SSSR count). The maximum Gasteiger partial charge on any atom is 0.225 e. The summed E-state index contributed by atoms with van der Waals surface area (Å²) in [5.74, 6) is -0.927. The lowest BCUT2D eigenvalue weighted by Crippen LogP contribution is -2.46. The van der Waals surface area contributed by atoms with Crippen molar-refractivity contribution in [3.8, 4) is 0 Å². The average Bonchev–Trinajstić information content (AvgIpc) is 2.51. The fourth-order valence-electron chi connectivity index (χ4n) is 2.97. The molecule has 1 aliphatic heterocycles. The van der Waals surface area contributed by atoms with Crippen molar-refractivity contribution in [3.63, 3.8) is 0 Å². The average molecular weight is 306 g/mol. The van der Waals surface area contributed by atoms with E-state index in [-0.39, 0.29) is 17.6 Å². The molecule has 2 amide bonds. The summed E-state index contributed by atoms with van der Waals surface area (Å²) in [6.07, 6.45) is 2.70. The molecule has 0 aliphatic carbocycles. The van der Waals surface area contributed by atoms with Gasteiger partial charge >= 0.3 is 0 Å². The van der Waals surface area contributed by atoms with Gasteiger partial charge in [0.25, 0.3) is 0 Å². The van der Waals surface area contributed by atoms with Gasteiger partial charge in [-0.15, -0.1) is 0 Å². The first-order valence-electron chi connectivity index (χ1n) is 7.84. The summed E-state index contributed by atoms with van der Waals surface area (Å²) in [4.78, 5) is 25.9. The van der Waals surface area contributed by atoms with Crippen LogP contribution in [0.15, 0.2) is 24.3 Å². The molecule has 1 aromatic rings. The molecule has 120 valence electrons. The zero-order chi connectivity index (χ0) is 16.1. The third kappa shape index (κ3) is 3.46. The minimum atomic E-state index is -0.538. The van der Waals surface area contributed by atoms with E-state index in [1.165, 1.54) is 11.0 Å².